The largest absolute Gasteiger partial charge is 0.357 e. The van der Waals surface area contributed by atoms with E-state index in [1.54, 1.807) is 0 Å². The van der Waals surface area contributed by atoms with E-state index in [0.29, 0.717) is 6.04 Å². The first-order valence-electron chi connectivity index (χ1n) is 12.1. The van der Waals surface area contributed by atoms with E-state index in [9.17, 15) is 4.79 Å². The van der Waals surface area contributed by atoms with Gasteiger partial charge >= 0.3 is 0 Å². The Morgan fingerprint density at radius 2 is 1.84 bits per heavy atom. The molecule has 0 aromatic heterocycles. The highest BCUT2D eigenvalue weighted by Gasteiger charge is 2.28. The molecule has 1 aromatic rings. The number of carbonyl (C=O) groups excluding carboxylic acids is 1. The van der Waals surface area contributed by atoms with Crippen LogP contribution in [0.25, 0.3) is 0 Å². The van der Waals surface area contributed by atoms with E-state index in [-0.39, 0.29) is 17.9 Å². The molecule has 2 fully saturated rings. The maximum absolute atomic E-state index is 12.3. The summed E-state index contributed by atoms with van der Waals surface area (Å²) in [6, 6.07) is 11.3. The minimum atomic E-state index is 0.0551. The number of rotatable bonds is 7. The highest BCUT2D eigenvalue weighted by molar-refractivity contribution is 5.81. The molecule has 0 spiro atoms. The van der Waals surface area contributed by atoms with Gasteiger partial charge in [-0.2, -0.15) is 0 Å². The Hall–Kier alpha value is -2.08. The van der Waals surface area contributed by atoms with Crippen molar-refractivity contribution < 1.29 is 4.79 Å². The number of benzene rings is 1. The highest BCUT2D eigenvalue weighted by Crippen LogP contribution is 2.27. The van der Waals surface area contributed by atoms with Crippen molar-refractivity contribution in [1.82, 2.24) is 20.4 Å². The van der Waals surface area contributed by atoms with Crippen molar-refractivity contribution in [1.29, 1.82) is 0 Å². The normalized spacial score (nSPS) is 22.0. The van der Waals surface area contributed by atoms with Crippen LogP contribution in [0.4, 0.5) is 0 Å². The average molecular weight is 428 g/mol. The van der Waals surface area contributed by atoms with Gasteiger partial charge in [0, 0.05) is 31.6 Å². The molecule has 2 saturated heterocycles. The molecule has 1 aromatic carbocycles. The van der Waals surface area contributed by atoms with E-state index in [2.05, 4.69) is 59.7 Å². The van der Waals surface area contributed by atoms with Crippen LogP contribution >= 0.6 is 0 Å². The third kappa shape index (κ3) is 6.70. The Bertz CT molecular complexity index is 712. The summed E-state index contributed by atoms with van der Waals surface area (Å²) in [5.41, 5.74) is 1.34. The van der Waals surface area contributed by atoms with Crippen LogP contribution in [0, 0.1) is 11.8 Å². The lowest BCUT2D eigenvalue weighted by Gasteiger charge is -2.36. The second-order valence-electron chi connectivity index (χ2n) is 9.43. The SMILES string of the molecule is CCNC(=NCC(c1ccccc1)N1CCC(C)CC1)NC1CCN(C(=O)C(C)C)C1. The number of nitrogens with zero attached hydrogens (tertiary/aromatic N) is 3. The molecule has 2 atom stereocenters. The topological polar surface area (TPSA) is 60.0 Å². The summed E-state index contributed by atoms with van der Waals surface area (Å²) in [5.74, 6) is 1.97. The molecule has 2 aliphatic heterocycles. The lowest BCUT2D eigenvalue weighted by Crippen LogP contribution is -2.46. The standard InChI is InChI=1S/C25H41N5O/c1-5-26-25(28-22-13-16-30(18-22)24(31)19(2)3)27-17-23(21-9-7-6-8-10-21)29-14-11-20(4)12-15-29/h6-10,19-20,22-23H,5,11-18H2,1-4H3,(H2,26,27,28). The highest BCUT2D eigenvalue weighted by atomic mass is 16.2. The number of aliphatic imine (C=N–C) groups is 1. The van der Waals surface area contributed by atoms with E-state index in [0.717, 1.165) is 57.6 Å². The van der Waals surface area contributed by atoms with Crippen LogP contribution in [0.3, 0.4) is 0 Å². The van der Waals surface area contributed by atoms with Gasteiger partial charge in [0.1, 0.15) is 0 Å². The molecule has 6 heteroatoms. The molecule has 2 N–H and O–H groups in total. The third-order valence-corrected chi connectivity index (χ3v) is 6.54. The second kappa shape index (κ2) is 11.5. The first kappa shape index (κ1) is 23.6. The van der Waals surface area contributed by atoms with Crippen LogP contribution < -0.4 is 10.6 Å². The zero-order chi connectivity index (χ0) is 22.2. The molecular weight excluding hydrogens is 386 g/mol. The molecule has 2 unspecified atom stereocenters. The summed E-state index contributed by atoms with van der Waals surface area (Å²) < 4.78 is 0. The fourth-order valence-electron chi connectivity index (χ4n) is 4.58. The number of piperidine rings is 1. The monoisotopic (exact) mass is 427 g/mol. The van der Waals surface area contributed by atoms with Crippen molar-refractivity contribution in [3.05, 3.63) is 35.9 Å². The number of likely N-dealkylation sites (tertiary alicyclic amines) is 2. The molecule has 3 rings (SSSR count). The van der Waals surface area contributed by atoms with Crippen molar-refractivity contribution in [3.63, 3.8) is 0 Å². The zero-order valence-corrected chi connectivity index (χ0v) is 19.8. The predicted molar refractivity (Wildman–Crippen MR) is 128 cm³/mol. The van der Waals surface area contributed by atoms with E-state index in [1.165, 1.54) is 18.4 Å². The first-order valence-corrected chi connectivity index (χ1v) is 12.1. The Morgan fingerprint density at radius 3 is 2.48 bits per heavy atom. The van der Waals surface area contributed by atoms with Gasteiger partial charge in [-0.15, -0.1) is 0 Å². The summed E-state index contributed by atoms with van der Waals surface area (Å²) in [6.45, 7) is 13.8. The van der Waals surface area contributed by atoms with E-state index in [4.69, 9.17) is 4.99 Å². The Kier molecular flexibility index (Phi) is 8.76. The predicted octanol–water partition coefficient (Wildman–Crippen LogP) is 3.27. The van der Waals surface area contributed by atoms with Crippen LogP contribution in [0.2, 0.25) is 0 Å². The van der Waals surface area contributed by atoms with Gasteiger partial charge in [-0.05, 0) is 50.8 Å². The van der Waals surface area contributed by atoms with Gasteiger partial charge in [0.15, 0.2) is 5.96 Å². The summed E-state index contributed by atoms with van der Waals surface area (Å²) >= 11 is 0. The van der Waals surface area contributed by atoms with Crippen molar-refractivity contribution >= 4 is 11.9 Å². The molecule has 1 amide bonds. The maximum Gasteiger partial charge on any atom is 0.225 e. The number of hydrogen-bond donors (Lipinski definition) is 2. The first-order chi connectivity index (χ1) is 15.0. The minimum absolute atomic E-state index is 0.0551. The zero-order valence-electron chi connectivity index (χ0n) is 19.8. The van der Waals surface area contributed by atoms with Crippen LogP contribution in [-0.4, -0.2) is 67.0 Å². The summed E-state index contributed by atoms with van der Waals surface area (Å²) in [7, 11) is 0. The Balaban J connectivity index is 1.67. The molecule has 6 nitrogen and oxygen atoms in total. The molecule has 172 valence electrons. The number of hydrogen-bond acceptors (Lipinski definition) is 3. The van der Waals surface area contributed by atoms with Gasteiger partial charge in [-0.1, -0.05) is 51.1 Å². The van der Waals surface area contributed by atoms with Crippen molar-refractivity contribution in [3.8, 4) is 0 Å². The lowest BCUT2D eigenvalue weighted by molar-refractivity contribution is -0.133. The number of carbonyl (C=O) groups is 1. The van der Waals surface area contributed by atoms with Crippen LogP contribution in [0.15, 0.2) is 35.3 Å². The van der Waals surface area contributed by atoms with Gasteiger partial charge in [0.05, 0.1) is 12.6 Å². The molecular formula is C25H41N5O. The summed E-state index contributed by atoms with van der Waals surface area (Å²) in [4.78, 5) is 21.9. The van der Waals surface area contributed by atoms with Crippen molar-refractivity contribution in [2.24, 2.45) is 16.8 Å². The molecule has 2 heterocycles. The molecule has 31 heavy (non-hydrogen) atoms. The lowest BCUT2D eigenvalue weighted by atomic mass is 9.96. The van der Waals surface area contributed by atoms with Crippen molar-refractivity contribution in [2.45, 2.75) is 59.0 Å². The van der Waals surface area contributed by atoms with E-state index < -0.39 is 0 Å². The number of nitrogens with one attached hydrogen (secondary N) is 2. The summed E-state index contributed by atoms with van der Waals surface area (Å²) in [5, 5.41) is 6.99. The maximum atomic E-state index is 12.3. The van der Waals surface area contributed by atoms with Crippen LogP contribution in [0.1, 0.15) is 58.6 Å². The quantitative estimate of drug-likeness (QED) is 0.518. The fraction of sp³-hybridized carbons (Fsp3) is 0.680. The Labute approximate surface area is 188 Å². The smallest absolute Gasteiger partial charge is 0.225 e. The van der Waals surface area contributed by atoms with Gasteiger partial charge in [0.25, 0.3) is 0 Å². The molecule has 0 bridgehead atoms. The van der Waals surface area contributed by atoms with Gasteiger partial charge in [-0.25, -0.2) is 0 Å². The van der Waals surface area contributed by atoms with Gasteiger partial charge in [-0.3, -0.25) is 14.7 Å². The third-order valence-electron chi connectivity index (χ3n) is 6.54. The second-order valence-corrected chi connectivity index (χ2v) is 9.43. The van der Waals surface area contributed by atoms with E-state index >= 15 is 0 Å². The minimum Gasteiger partial charge on any atom is -0.357 e. The van der Waals surface area contributed by atoms with Crippen LogP contribution in [-0.2, 0) is 4.79 Å². The van der Waals surface area contributed by atoms with E-state index in [1.807, 2.05) is 18.7 Å². The van der Waals surface area contributed by atoms with Crippen molar-refractivity contribution in [2.75, 3.05) is 39.3 Å². The molecule has 0 saturated carbocycles. The average Bonchev–Trinajstić information content (AvgIpc) is 3.23. The molecule has 0 aliphatic carbocycles. The number of guanidine groups is 1. The number of amides is 1. The Morgan fingerprint density at radius 1 is 1.13 bits per heavy atom. The summed E-state index contributed by atoms with van der Waals surface area (Å²) in [6.07, 6.45) is 3.48. The van der Waals surface area contributed by atoms with Gasteiger partial charge < -0.3 is 15.5 Å². The fourth-order valence-corrected chi connectivity index (χ4v) is 4.58. The van der Waals surface area contributed by atoms with Crippen LogP contribution in [0.5, 0.6) is 0 Å². The van der Waals surface area contributed by atoms with Gasteiger partial charge in [0.2, 0.25) is 5.91 Å². The molecule has 2 aliphatic rings. The molecule has 0 radical (unpaired) electrons.